The molecule has 10 heteroatoms. The molecule has 3 aromatic rings. The van der Waals surface area contributed by atoms with Crippen LogP contribution in [-0.4, -0.2) is 26.2 Å². The number of hydrogen-bond acceptors (Lipinski definition) is 6. The summed E-state index contributed by atoms with van der Waals surface area (Å²) in [6.07, 6.45) is 0.580. The third kappa shape index (κ3) is 3.75. The Morgan fingerprint density at radius 1 is 1.21 bits per heavy atom. The molecule has 0 amide bonds. The van der Waals surface area contributed by atoms with Crippen molar-refractivity contribution in [2.75, 3.05) is 5.32 Å². The first-order valence-electron chi connectivity index (χ1n) is 8.96. The molecule has 1 aliphatic rings. The van der Waals surface area contributed by atoms with Gasteiger partial charge in [0.15, 0.2) is 17.2 Å². The lowest BCUT2D eigenvalue weighted by Crippen LogP contribution is -2.23. The Morgan fingerprint density at radius 3 is 2.69 bits per heavy atom. The number of alkyl halides is 2. The SMILES string of the molecule is C[C@@H](Nc1ccn2ncc(C3=NC(C)(C)ON3)c2n1)c1cc(F)ccc1C(F)F. The van der Waals surface area contributed by atoms with Crippen LogP contribution < -0.4 is 10.8 Å². The van der Waals surface area contributed by atoms with E-state index in [2.05, 4.69) is 25.9 Å². The highest BCUT2D eigenvalue weighted by Gasteiger charge is 2.28. The van der Waals surface area contributed by atoms with Crippen LogP contribution in [0.15, 0.2) is 41.7 Å². The molecule has 1 aromatic carbocycles. The second-order valence-corrected chi connectivity index (χ2v) is 7.19. The van der Waals surface area contributed by atoms with Crippen LogP contribution in [-0.2, 0) is 4.84 Å². The molecule has 2 N–H and O–H groups in total. The van der Waals surface area contributed by atoms with Gasteiger partial charge in [0.2, 0.25) is 0 Å². The summed E-state index contributed by atoms with van der Waals surface area (Å²) in [5.41, 5.74) is 3.14. The number of nitrogens with zero attached hydrogens (tertiary/aromatic N) is 4. The summed E-state index contributed by atoms with van der Waals surface area (Å²) in [6, 6.07) is 4.30. The first kappa shape index (κ1) is 19.2. The molecule has 7 nitrogen and oxygen atoms in total. The fourth-order valence-electron chi connectivity index (χ4n) is 3.14. The molecule has 0 bridgehead atoms. The van der Waals surface area contributed by atoms with Gasteiger partial charge in [-0.3, -0.25) is 0 Å². The van der Waals surface area contributed by atoms with E-state index >= 15 is 0 Å². The predicted molar refractivity (Wildman–Crippen MR) is 101 cm³/mol. The quantitative estimate of drug-likeness (QED) is 0.672. The van der Waals surface area contributed by atoms with Gasteiger partial charge in [0.25, 0.3) is 6.43 Å². The Morgan fingerprint density at radius 2 is 2.00 bits per heavy atom. The van der Waals surface area contributed by atoms with Crippen molar-refractivity contribution in [3.63, 3.8) is 0 Å². The van der Waals surface area contributed by atoms with Crippen molar-refractivity contribution in [2.45, 2.75) is 39.0 Å². The van der Waals surface area contributed by atoms with Crippen LogP contribution in [0.2, 0.25) is 0 Å². The third-order valence-corrected chi connectivity index (χ3v) is 4.52. The summed E-state index contributed by atoms with van der Waals surface area (Å²) in [6.45, 7) is 5.28. The molecule has 0 unspecified atom stereocenters. The number of hydroxylamine groups is 1. The number of aromatic nitrogens is 3. The lowest BCUT2D eigenvalue weighted by Gasteiger charge is -2.18. The molecule has 152 valence electrons. The lowest BCUT2D eigenvalue weighted by molar-refractivity contribution is -0.0269. The van der Waals surface area contributed by atoms with E-state index in [1.54, 1.807) is 43.7 Å². The van der Waals surface area contributed by atoms with E-state index in [-0.39, 0.29) is 11.1 Å². The van der Waals surface area contributed by atoms with Crippen LogP contribution in [0.1, 0.15) is 49.9 Å². The van der Waals surface area contributed by atoms with Crippen molar-refractivity contribution in [3.05, 3.63) is 59.2 Å². The second kappa shape index (κ2) is 7.03. The van der Waals surface area contributed by atoms with E-state index in [1.807, 2.05) is 0 Å². The number of fused-ring (bicyclic) bond motifs is 1. The average Bonchev–Trinajstić information content (AvgIpc) is 3.23. The van der Waals surface area contributed by atoms with E-state index in [1.165, 1.54) is 0 Å². The average molecular weight is 404 g/mol. The van der Waals surface area contributed by atoms with E-state index in [0.29, 0.717) is 22.9 Å². The minimum atomic E-state index is -2.71. The summed E-state index contributed by atoms with van der Waals surface area (Å²) in [7, 11) is 0. The molecule has 4 rings (SSSR count). The fraction of sp³-hybridized carbons (Fsp3) is 0.316. The van der Waals surface area contributed by atoms with Gasteiger partial charge in [-0.2, -0.15) is 5.10 Å². The molecule has 0 fully saturated rings. The molecule has 0 saturated heterocycles. The highest BCUT2D eigenvalue weighted by molar-refractivity contribution is 6.03. The minimum absolute atomic E-state index is 0.174. The summed E-state index contributed by atoms with van der Waals surface area (Å²) in [4.78, 5) is 14.3. The monoisotopic (exact) mass is 404 g/mol. The first-order chi connectivity index (χ1) is 13.7. The predicted octanol–water partition coefficient (Wildman–Crippen LogP) is 4.00. The van der Waals surface area contributed by atoms with Crippen molar-refractivity contribution in [3.8, 4) is 0 Å². The topological polar surface area (TPSA) is 75.8 Å². The van der Waals surface area contributed by atoms with Gasteiger partial charge in [0.05, 0.1) is 17.8 Å². The Labute approximate surface area is 164 Å². The Kier molecular flexibility index (Phi) is 4.65. The zero-order chi connectivity index (χ0) is 20.8. The number of anilines is 1. The van der Waals surface area contributed by atoms with E-state index in [4.69, 9.17) is 4.84 Å². The Bertz CT molecular complexity index is 1090. The Hall–Kier alpha value is -3.14. The summed E-state index contributed by atoms with van der Waals surface area (Å²) < 4.78 is 41.8. The zero-order valence-corrected chi connectivity index (χ0v) is 15.9. The van der Waals surface area contributed by atoms with Gasteiger partial charge in [0.1, 0.15) is 11.6 Å². The van der Waals surface area contributed by atoms with Gasteiger partial charge >= 0.3 is 0 Å². The summed E-state index contributed by atoms with van der Waals surface area (Å²) in [5, 5.41) is 7.29. The van der Waals surface area contributed by atoms with Gasteiger partial charge in [-0.1, -0.05) is 6.07 Å². The van der Waals surface area contributed by atoms with Crippen molar-refractivity contribution < 1.29 is 18.0 Å². The summed E-state index contributed by atoms with van der Waals surface area (Å²) >= 11 is 0. The van der Waals surface area contributed by atoms with Gasteiger partial charge in [-0.05, 0) is 44.5 Å². The molecule has 1 atom stereocenters. The molecular formula is C19H19F3N6O. The number of aliphatic imine (C=N–C) groups is 1. The second-order valence-electron chi connectivity index (χ2n) is 7.19. The maximum absolute atomic E-state index is 13.6. The number of hydrogen-bond donors (Lipinski definition) is 2. The Balaban J connectivity index is 1.66. The molecule has 0 saturated carbocycles. The molecule has 1 aliphatic heterocycles. The molecule has 2 aromatic heterocycles. The van der Waals surface area contributed by atoms with Crippen LogP contribution in [0.3, 0.4) is 0 Å². The number of halogens is 3. The molecule has 29 heavy (non-hydrogen) atoms. The molecular weight excluding hydrogens is 385 g/mol. The standard InChI is InChI=1S/C19H19F3N6O/c1-10(13-8-11(20)4-5-12(13)16(21)22)24-15-6-7-28-18(25-15)14(9-23-28)17-26-19(2,3)29-27-17/h4-10,16H,1-3H3,(H,24,25)(H,26,27)/t10-/m1/s1. The number of benzene rings is 1. The molecule has 3 heterocycles. The first-order valence-corrected chi connectivity index (χ1v) is 8.96. The van der Waals surface area contributed by atoms with Crippen molar-refractivity contribution in [1.29, 1.82) is 0 Å². The van der Waals surface area contributed by atoms with Gasteiger partial charge in [-0.15, -0.1) is 0 Å². The highest BCUT2D eigenvalue weighted by atomic mass is 19.3. The van der Waals surface area contributed by atoms with Crippen LogP contribution >= 0.6 is 0 Å². The maximum atomic E-state index is 13.6. The molecule has 0 radical (unpaired) electrons. The smallest absolute Gasteiger partial charge is 0.264 e. The van der Waals surface area contributed by atoms with E-state index in [0.717, 1.165) is 18.2 Å². The van der Waals surface area contributed by atoms with Crippen LogP contribution in [0.4, 0.5) is 19.0 Å². The lowest BCUT2D eigenvalue weighted by atomic mass is 10.0. The molecule has 0 aliphatic carbocycles. The molecule has 0 spiro atoms. The van der Waals surface area contributed by atoms with Gasteiger partial charge < -0.3 is 5.32 Å². The minimum Gasteiger partial charge on any atom is -0.363 e. The van der Waals surface area contributed by atoms with Crippen molar-refractivity contribution in [1.82, 2.24) is 20.1 Å². The van der Waals surface area contributed by atoms with E-state index in [9.17, 15) is 13.2 Å². The maximum Gasteiger partial charge on any atom is 0.264 e. The van der Waals surface area contributed by atoms with Gasteiger partial charge in [-0.25, -0.2) is 38.0 Å². The van der Waals surface area contributed by atoms with Crippen LogP contribution in [0.5, 0.6) is 0 Å². The third-order valence-electron chi connectivity index (χ3n) is 4.52. The van der Waals surface area contributed by atoms with Crippen LogP contribution in [0, 0.1) is 5.82 Å². The van der Waals surface area contributed by atoms with Crippen molar-refractivity contribution >= 4 is 17.3 Å². The van der Waals surface area contributed by atoms with Crippen LogP contribution in [0.25, 0.3) is 5.65 Å². The number of nitrogens with one attached hydrogen (secondary N) is 2. The van der Waals surface area contributed by atoms with Crippen molar-refractivity contribution in [2.24, 2.45) is 4.99 Å². The zero-order valence-electron chi connectivity index (χ0n) is 15.9. The van der Waals surface area contributed by atoms with Gasteiger partial charge in [0, 0.05) is 11.8 Å². The highest BCUT2D eigenvalue weighted by Crippen LogP contribution is 2.30. The van der Waals surface area contributed by atoms with E-state index < -0.39 is 24.0 Å². The summed E-state index contributed by atoms with van der Waals surface area (Å²) in [5.74, 6) is 0.343. The number of amidine groups is 1. The number of rotatable bonds is 5. The fourth-order valence-corrected chi connectivity index (χ4v) is 3.14. The largest absolute Gasteiger partial charge is 0.363 e. The normalized spacial score (nSPS) is 16.7.